The number of likely N-dealkylation sites (N-methyl/N-ethyl adjacent to an activating group) is 1. The van der Waals surface area contributed by atoms with Crippen molar-refractivity contribution in [3.63, 3.8) is 0 Å². The van der Waals surface area contributed by atoms with E-state index in [9.17, 15) is 0 Å². The lowest BCUT2D eigenvalue weighted by Gasteiger charge is -2.31. The van der Waals surface area contributed by atoms with E-state index in [-0.39, 0.29) is 0 Å². The lowest BCUT2D eigenvalue weighted by molar-refractivity contribution is 0.233. The first kappa shape index (κ1) is 13.2. The number of methoxy groups -OCH3 is 1. The number of rotatable bonds is 3. The summed E-state index contributed by atoms with van der Waals surface area (Å²) in [6.07, 6.45) is 0. The van der Waals surface area contributed by atoms with Crippen LogP contribution in [0.2, 0.25) is 0 Å². The van der Waals surface area contributed by atoms with Gasteiger partial charge in [0.2, 0.25) is 0 Å². The van der Waals surface area contributed by atoms with E-state index in [1.54, 1.807) is 19.1 Å². The van der Waals surface area contributed by atoms with E-state index in [1.165, 1.54) is 4.90 Å². The summed E-state index contributed by atoms with van der Waals surface area (Å²) in [4.78, 5) is 3.53. The molecule has 1 saturated heterocycles. The Morgan fingerprint density at radius 2 is 1.94 bits per heavy atom. The normalized spacial score (nSPS) is 18.3. The molecular formula is C12H17BrN2OS. The third-order valence-corrected chi connectivity index (χ3v) is 4.45. The molecule has 1 aromatic carbocycles. The maximum absolute atomic E-state index is 5.38. The Kier molecular flexibility index (Phi) is 4.73. The topological polar surface area (TPSA) is 15.7 Å². The molecule has 0 N–H and O–H groups in total. The highest BCUT2D eigenvalue weighted by Crippen LogP contribution is 2.34. The van der Waals surface area contributed by atoms with Gasteiger partial charge in [0.1, 0.15) is 5.75 Å². The van der Waals surface area contributed by atoms with Crippen LogP contribution < -0.4 is 4.74 Å². The highest BCUT2D eigenvalue weighted by molar-refractivity contribution is 9.10. The van der Waals surface area contributed by atoms with E-state index >= 15 is 0 Å². The summed E-state index contributed by atoms with van der Waals surface area (Å²) in [5.41, 5.74) is 0. The van der Waals surface area contributed by atoms with Gasteiger partial charge < -0.3 is 9.64 Å². The van der Waals surface area contributed by atoms with Crippen LogP contribution in [0.3, 0.4) is 0 Å². The molecule has 1 aliphatic rings. The quantitative estimate of drug-likeness (QED) is 0.796. The molecule has 1 heterocycles. The zero-order valence-corrected chi connectivity index (χ0v) is 12.6. The molecule has 3 nitrogen and oxygen atoms in total. The molecule has 0 aliphatic carbocycles. The van der Waals surface area contributed by atoms with Gasteiger partial charge in [-0.3, -0.25) is 0 Å². The van der Waals surface area contributed by atoms with E-state index in [4.69, 9.17) is 4.74 Å². The molecule has 1 aliphatic heterocycles. The van der Waals surface area contributed by atoms with Gasteiger partial charge in [-0.05, 0) is 37.2 Å². The van der Waals surface area contributed by atoms with Gasteiger partial charge in [-0.1, -0.05) is 15.9 Å². The second-order valence-corrected chi connectivity index (χ2v) is 6.17. The maximum atomic E-state index is 5.38. The molecule has 0 unspecified atom stereocenters. The van der Waals surface area contributed by atoms with Crippen LogP contribution in [0.15, 0.2) is 27.6 Å². The fourth-order valence-corrected chi connectivity index (χ4v) is 3.30. The Bertz CT molecular complexity index is 381. The van der Waals surface area contributed by atoms with Gasteiger partial charge in [0, 0.05) is 30.7 Å². The van der Waals surface area contributed by atoms with Crippen molar-refractivity contribution in [1.29, 1.82) is 0 Å². The minimum atomic E-state index is 0.942. The molecule has 17 heavy (non-hydrogen) atoms. The van der Waals surface area contributed by atoms with Crippen molar-refractivity contribution in [3.8, 4) is 5.75 Å². The van der Waals surface area contributed by atoms with Crippen LogP contribution in [0.25, 0.3) is 0 Å². The van der Waals surface area contributed by atoms with Gasteiger partial charge >= 0.3 is 0 Å². The van der Waals surface area contributed by atoms with Crippen LogP contribution in [-0.4, -0.2) is 49.5 Å². The second kappa shape index (κ2) is 6.09. The smallest absolute Gasteiger partial charge is 0.133 e. The Balaban J connectivity index is 2.04. The largest absolute Gasteiger partial charge is 0.496 e. The number of piperazine rings is 1. The fraction of sp³-hybridized carbons (Fsp3) is 0.500. The molecule has 0 atom stereocenters. The molecule has 0 spiro atoms. The molecule has 0 saturated carbocycles. The lowest BCUT2D eigenvalue weighted by Crippen LogP contribution is -2.40. The van der Waals surface area contributed by atoms with E-state index in [2.05, 4.69) is 38.2 Å². The van der Waals surface area contributed by atoms with Crippen molar-refractivity contribution in [3.05, 3.63) is 22.7 Å². The van der Waals surface area contributed by atoms with E-state index < -0.39 is 0 Å². The first-order valence-corrected chi connectivity index (χ1v) is 7.20. The van der Waals surface area contributed by atoms with Crippen molar-refractivity contribution < 1.29 is 4.74 Å². The molecule has 2 rings (SSSR count). The summed E-state index contributed by atoms with van der Waals surface area (Å²) in [6.45, 7) is 4.44. The molecule has 0 bridgehead atoms. The lowest BCUT2D eigenvalue weighted by atomic mass is 10.3. The van der Waals surface area contributed by atoms with Crippen LogP contribution in [0.1, 0.15) is 0 Å². The van der Waals surface area contributed by atoms with Gasteiger partial charge in [-0.25, -0.2) is 4.31 Å². The summed E-state index contributed by atoms with van der Waals surface area (Å²) in [7, 11) is 3.89. The SMILES string of the molecule is COc1ccc(Br)cc1SN1CCN(C)CC1. The van der Waals surface area contributed by atoms with Gasteiger partial charge in [-0.2, -0.15) is 0 Å². The van der Waals surface area contributed by atoms with E-state index in [0.29, 0.717) is 0 Å². The Hall–Kier alpha value is -0.230. The number of nitrogens with zero attached hydrogens (tertiary/aromatic N) is 2. The van der Waals surface area contributed by atoms with Gasteiger partial charge in [0.05, 0.1) is 12.0 Å². The molecule has 1 aromatic rings. The van der Waals surface area contributed by atoms with Crippen molar-refractivity contribution in [1.82, 2.24) is 9.21 Å². The fourth-order valence-electron chi connectivity index (χ4n) is 1.74. The molecule has 0 aromatic heterocycles. The Morgan fingerprint density at radius 3 is 2.59 bits per heavy atom. The van der Waals surface area contributed by atoms with Crippen LogP contribution in [-0.2, 0) is 0 Å². The zero-order valence-electron chi connectivity index (χ0n) is 10.1. The minimum Gasteiger partial charge on any atom is -0.496 e. The highest BCUT2D eigenvalue weighted by atomic mass is 79.9. The number of benzene rings is 1. The summed E-state index contributed by atoms with van der Waals surface area (Å²) < 4.78 is 8.87. The third-order valence-electron chi connectivity index (χ3n) is 2.82. The van der Waals surface area contributed by atoms with Crippen LogP contribution >= 0.6 is 27.9 Å². The average molecular weight is 317 g/mol. The third kappa shape index (κ3) is 3.61. The molecule has 94 valence electrons. The number of hydrogen-bond donors (Lipinski definition) is 0. The summed E-state index contributed by atoms with van der Waals surface area (Å²) >= 11 is 5.29. The maximum Gasteiger partial charge on any atom is 0.133 e. The highest BCUT2D eigenvalue weighted by Gasteiger charge is 2.16. The van der Waals surface area contributed by atoms with Crippen molar-refractivity contribution in [2.24, 2.45) is 0 Å². The first-order valence-electron chi connectivity index (χ1n) is 5.64. The Labute approximate surface area is 115 Å². The summed E-state index contributed by atoms with van der Waals surface area (Å²) in [5, 5.41) is 0. The molecule has 5 heteroatoms. The standard InChI is InChI=1S/C12H17BrN2OS/c1-14-5-7-15(8-6-14)17-12-9-10(13)3-4-11(12)16-2/h3-4,9H,5-8H2,1-2H3. The van der Waals surface area contributed by atoms with E-state index in [0.717, 1.165) is 36.4 Å². The van der Waals surface area contributed by atoms with Gasteiger partial charge in [0.15, 0.2) is 0 Å². The molecular weight excluding hydrogens is 300 g/mol. The first-order chi connectivity index (χ1) is 8.19. The van der Waals surface area contributed by atoms with Crippen molar-refractivity contribution in [2.45, 2.75) is 4.90 Å². The predicted octanol–water partition coefficient (Wildman–Crippen LogP) is 2.71. The summed E-state index contributed by atoms with van der Waals surface area (Å²) in [6, 6.07) is 6.12. The molecule has 0 radical (unpaired) electrons. The minimum absolute atomic E-state index is 0.942. The number of halogens is 1. The zero-order chi connectivity index (χ0) is 12.3. The molecule has 1 fully saturated rings. The average Bonchev–Trinajstić information content (AvgIpc) is 2.32. The van der Waals surface area contributed by atoms with Crippen LogP contribution in [0.4, 0.5) is 0 Å². The second-order valence-electron chi connectivity index (χ2n) is 4.12. The Morgan fingerprint density at radius 1 is 1.24 bits per heavy atom. The number of ether oxygens (including phenoxy) is 1. The van der Waals surface area contributed by atoms with Gasteiger partial charge in [0.25, 0.3) is 0 Å². The molecule has 0 amide bonds. The van der Waals surface area contributed by atoms with Crippen molar-refractivity contribution >= 4 is 27.9 Å². The van der Waals surface area contributed by atoms with E-state index in [1.807, 2.05) is 12.1 Å². The monoisotopic (exact) mass is 316 g/mol. The number of hydrogen-bond acceptors (Lipinski definition) is 4. The van der Waals surface area contributed by atoms with Crippen LogP contribution in [0.5, 0.6) is 5.75 Å². The summed E-state index contributed by atoms with van der Waals surface area (Å²) in [5.74, 6) is 0.942. The van der Waals surface area contributed by atoms with Crippen molar-refractivity contribution in [2.75, 3.05) is 40.3 Å². The van der Waals surface area contributed by atoms with Gasteiger partial charge in [-0.15, -0.1) is 0 Å². The predicted molar refractivity (Wildman–Crippen MR) is 75.6 cm³/mol. The van der Waals surface area contributed by atoms with Crippen LogP contribution in [0, 0.1) is 0 Å².